The minimum absolute atomic E-state index is 0.0907. The average Bonchev–Trinajstić information content (AvgIpc) is 2.70. The number of nitro groups is 1. The molecule has 29 heavy (non-hydrogen) atoms. The maximum Gasteiger partial charge on any atom is 0.276 e. The largest absolute Gasteiger partial charge is 0.484 e. The van der Waals surface area contributed by atoms with Gasteiger partial charge in [0.25, 0.3) is 17.5 Å². The van der Waals surface area contributed by atoms with Crippen LogP contribution in [-0.4, -0.2) is 35.1 Å². The van der Waals surface area contributed by atoms with Crippen LogP contribution in [0.3, 0.4) is 0 Å². The highest BCUT2D eigenvalue weighted by Gasteiger charge is 2.09. The molecule has 0 saturated carbocycles. The Labute approximate surface area is 178 Å². The lowest BCUT2D eigenvalue weighted by Gasteiger charge is -2.12. The van der Waals surface area contributed by atoms with Crippen molar-refractivity contribution >= 4 is 50.8 Å². The summed E-state index contributed by atoms with van der Waals surface area (Å²) in [5.74, 6) is -0.293. The molecule has 0 saturated heterocycles. The van der Waals surface area contributed by atoms with E-state index in [4.69, 9.17) is 21.7 Å². The number of benzene rings is 2. The lowest BCUT2D eigenvalue weighted by Crippen LogP contribution is -2.50. The van der Waals surface area contributed by atoms with Gasteiger partial charge < -0.3 is 9.47 Å². The van der Waals surface area contributed by atoms with Crippen molar-refractivity contribution in [2.45, 2.75) is 0 Å². The van der Waals surface area contributed by atoms with E-state index in [9.17, 15) is 19.7 Å². The van der Waals surface area contributed by atoms with Gasteiger partial charge in [-0.15, -0.1) is 0 Å². The van der Waals surface area contributed by atoms with Crippen LogP contribution in [0.15, 0.2) is 53.0 Å². The Hall–Kier alpha value is -3.25. The van der Waals surface area contributed by atoms with Crippen molar-refractivity contribution in [3.63, 3.8) is 0 Å². The normalized spacial score (nSPS) is 9.83. The second-order valence-electron chi connectivity index (χ2n) is 5.33. The summed E-state index contributed by atoms with van der Waals surface area (Å²) in [6.07, 6.45) is 0. The molecule has 0 atom stereocenters. The number of thiocarbonyl (C=S) groups is 1. The summed E-state index contributed by atoms with van der Waals surface area (Å²) in [5.41, 5.74) is 4.54. The molecule has 2 amide bonds. The Morgan fingerprint density at radius 1 is 0.931 bits per heavy atom. The van der Waals surface area contributed by atoms with Gasteiger partial charge in [-0.25, -0.2) is 0 Å². The highest BCUT2D eigenvalue weighted by atomic mass is 79.9. The third kappa shape index (κ3) is 8.11. The first-order valence-corrected chi connectivity index (χ1v) is 9.18. The molecule has 2 rings (SSSR count). The zero-order valence-corrected chi connectivity index (χ0v) is 17.1. The summed E-state index contributed by atoms with van der Waals surface area (Å²) >= 11 is 8.17. The van der Waals surface area contributed by atoms with E-state index < -0.39 is 16.7 Å². The molecule has 0 fully saturated rings. The van der Waals surface area contributed by atoms with Crippen LogP contribution in [0.2, 0.25) is 0 Å². The minimum Gasteiger partial charge on any atom is -0.484 e. The second-order valence-corrected chi connectivity index (χ2v) is 6.66. The van der Waals surface area contributed by atoms with Gasteiger partial charge in [0.05, 0.1) is 4.92 Å². The number of nitro benzene ring substituents is 1. The van der Waals surface area contributed by atoms with Crippen molar-refractivity contribution in [3.05, 3.63) is 63.1 Å². The Bertz CT molecular complexity index is 892. The summed E-state index contributed by atoms with van der Waals surface area (Å²) in [6.45, 7) is -0.630. The molecule has 0 unspecified atom stereocenters. The van der Waals surface area contributed by atoms with Crippen LogP contribution in [0.1, 0.15) is 0 Å². The van der Waals surface area contributed by atoms with Crippen molar-refractivity contribution in [3.8, 4) is 11.5 Å². The lowest BCUT2D eigenvalue weighted by molar-refractivity contribution is -0.384. The van der Waals surface area contributed by atoms with Crippen molar-refractivity contribution < 1.29 is 24.0 Å². The highest BCUT2D eigenvalue weighted by Crippen LogP contribution is 2.17. The van der Waals surface area contributed by atoms with E-state index >= 15 is 0 Å². The summed E-state index contributed by atoms with van der Waals surface area (Å²) in [7, 11) is 0. The first-order chi connectivity index (χ1) is 13.8. The molecule has 0 heterocycles. The van der Waals surface area contributed by atoms with Crippen LogP contribution in [0.5, 0.6) is 11.5 Å². The number of amides is 2. The number of halogens is 1. The van der Waals surface area contributed by atoms with Gasteiger partial charge in [0.15, 0.2) is 18.3 Å². The summed E-state index contributed by atoms with van der Waals surface area (Å²) in [4.78, 5) is 33.5. The molecular weight excluding hydrogens is 468 g/mol. The van der Waals surface area contributed by atoms with E-state index in [2.05, 4.69) is 32.1 Å². The van der Waals surface area contributed by atoms with Crippen molar-refractivity contribution in [2.24, 2.45) is 0 Å². The number of nitrogens with one attached hydrogen (secondary N) is 3. The number of carbonyl (C=O) groups excluding carboxylic acids is 2. The monoisotopic (exact) mass is 482 g/mol. The van der Waals surface area contributed by atoms with Crippen LogP contribution in [0.4, 0.5) is 5.69 Å². The van der Waals surface area contributed by atoms with Gasteiger partial charge in [0.1, 0.15) is 11.5 Å². The summed E-state index contributed by atoms with van der Waals surface area (Å²) in [5, 5.41) is 12.7. The maximum absolute atomic E-state index is 11.8. The van der Waals surface area contributed by atoms with E-state index in [-0.39, 0.29) is 29.8 Å². The number of nitrogens with zero attached hydrogens (tertiary/aromatic N) is 1. The van der Waals surface area contributed by atoms with Crippen molar-refractivity contribution in [2.75, 3.05) is 13.2 Å². The molecule has 0 radical (unpaired) electrons. The van der Waals surface area contributed by atoms with Crippen LogP contribution in [0.25, 0.3) is 0 Å². The third-order valence-corrected chi connectivity index (χ3v) is 3.90. The van der Waals surface area contributed by atoms with Gasteiger partial charge >= 0.3 is 0 Å². The lowest BCUT2D eigenvalue weighted by atomic mass is 10.3. The summed E-state index contributed by atoms with van der Waals surface area (Å²) in [6, 6.07) is 12.2. The SMILES string of the molecule is O=C(COc1ccc(Br)cc1)NNC(=S)NC(=O)COc1ccc([N+](=O)[O-])cc1. The minimum atomic E-state index is -0.582. The quantitative estimate of drug-likeness (QED) is 0.309. The van der Waals surface area contributed by atoms with E-state index in [1.165, 1.54) is 24.3 Å². The fourth-order valence-corrected chi connectivity index (χ4v) is 2.28. The number of hydrazine groups is 1. The molecule has 0 aromatic heterocycles. The molecule has 3 N–H and O–H groups in total. The van der Waals surface area contributed by atoms with Gasteiger partial charge in [0.2, 0.25) is 0 Å². The topological polar surface area (TPSA) is 132 Å². The zero-order chi connectivity index (χ0) is 21.2. The van der Waals surface area contributed by atoms with Crippen LogP contribution < -0.4 is 25.6 Å². The smallest absolute Gasteiger partial charge is 0.276 e. The molecule has 0 aliphatic carbocycles. The molecule has 152 valence electrons. The predicted molar refractivity (Wildman–Crippen MR) is 110 cm³/mol. The predicted octanol–water partition coefficient (Wildman–Crippen LogP) is 1.84. The third-order valence-electron chi connectivity index (χ3n) is 3.17. The Morgan fingerprint density at radius 2 is 1.45 bits per heavy atom. The fraction of sp³-hybridized carbons (Fsp3) is 0.118. The van der Waals surface area contributed by atoms with Gasteiger partial charge in [0, 0.05) is 16.6 Å². The van der Waals surface area contributed by atoms with Crippen molar-refractivity contribution in [1.82, 2.24) is 16.2 Å². The average molecular weight is 483 g/mol. The molecule has 0 bridgehead atoms. The fourth-order valence-electron chi connectivity index (χ4n) is 1.85. The van der Waals surface area contributed by atoms with E-state index in [0.29, 0.717) is 5.75 Å². The standard InChI is InChI=1S/C17H15BrN4O6S/c18-11-1-5-13(6-2-11)28-10-16(24)20-21-17(29)19-15(23)9-27-14-7-3-12(4-8-14)22(25)26/h1-8H,9-10H2,(H,20,24)(H2,19,21,23,29). The van der Waals surface area contributed by atoms with Crippen molar-refractivity contribution in [1.29, 1.82) is 0 Å². The Kier molecular flexibility index (Phi) is 8.30. The van der Waals surface area contributed by atoms with E-state index in [1.54, 1.807) is 24.3 Å². The molecular formula is C17H15BrN4O6S. The van der Waals surface area contributed by atoms with E-state index in [0.717, 1.165) is 4.47 Å². The zero-order valence-electron chi connectivity index (χ0n) is 14.7. The number of carbonyl (C=O) groups is 2. The molecule has 10 nitrogen and oxygen atoms in total. The molecule has 12 heteroatoms. The van der Waals surface area contributed by atoms with E-state index in [1.807, 2.05) is 0 Å². The molecule has 2 aromatic carbocycles. The molecule has 0 aliphatic rings. The Balaban J connectivity index is 1.64. The Morgan fingerprint density at radius 3 is 2.00 bits per heavy atom. The van der Waals surface area contributed by atoms with Gasteiger partial charge in [-0.05, 0) is 48.6 Å². The number of hydrogen-bond donors (Lipinski definition) is 3. The number of non-ortho nitro benzene ring substituents is 1. The van der Waals surface area contributed by atoms with Gasteiger partial charge in [-0.2, -0.15) is 0 Å². The van der Waals surface area contributed by atoms with Crippen LogP contribution in [-0.2, 0) is 9.59 Å². The number of ether oxygens (including phenoxy) is 2. The number of hydrogen-bond acceptors (Lipinski definition) is 7. The molecule has 0 spiro atoms. The second kappa shape index (κ2) is 10.9. The summed E-state index contributed by atoms with van der Waals surface area (Å²) < 4.78 is 11.4. The van der Waals surface area contributed by atoms with Gasteiger partial charge in [-0.1, -0.05) is 15.9 Å². The van der Waals surface area contributed by atoms with Crippen LogP contribution >= 0.6 is 28.1 Å². The number of rotatable bonds is 7. The molecule has 2 aromatic rings. The van der Waals surface area contributed by atoms with Crippen LogP contribution in [0, 0.1) is 10.1 Å². The maximum atomic E-state index is 11.8. The van der Waals surface area contributed by atoms with Gasteiger partial charge in [-0.3, -0.25) is 35.9 Å². The highest BCUT2D eigenvalue weighted by molar-refractivity contribution is 9.10. The first kappa shape index (κ1) is 22.0. The first-order valence-electron chi connectivity index (χ1n) is 7.98. The molecule has 0 aliphatic heterocycles.